The van der Waals surface area contributed by atoms with Gasteiger partial charge in [0, 0.05) is 17.2 Å². The number of hydrogen-bond donors (Lipinski definition) is 3. The van der Waals surface area contributed by atoms with Gasteiger partial charge in [0.15, 0.2) is 5.13 Å². The molecule has 1 aromatic carbocycles. The summed E-state index contributed by atoms with van der Waals surface area (Å²) in [6.07, 6.45) is 0.361. The number of urea groups is 1. The van der Waals surface area contributed by atoms with Crippen molar-refractivity contribution in [2.75, 3.05) is 11.9 Å². The lowest BCUT2D eigenvalue weighted by molar-refractivity contribution is -0.134. The Hall–Kier alpha value is -3.57. The van der Waals surface area contributed by atoms with Crippen molar-refractivity contribution in [1.82, 2.24) is 20.5 Å². The zero-order valence-corrected chi connectivity index (χ0v) is 20.2. The van der Waals surface area contributed by atoms with Crippen LogP contribution >= 0.6 is 22.7 Å². The third kappa shape index (κ3) is 4.70. The van der Waals surface area contributed by atoms with Crippen LogP contribution in [0.15, 0.2) is 47.8 Å². The molecule has 9 nitrogen and oxygen atoms in total. The highest BCUT2D eigenvalue weighted by Crippen LogP contribution is 2.33. The molecule has 2 aromatic heterocycles. The molecule has 1 aliphatic heterocycles. The molecule has 4 rings (SSSR count). The molecule has 0 unspecified atom stereocenters. The number of amides is 5. The third-order valence-electron chi connectivity index (χ3n) is 5.45. The minimum Gasteiger partial charge on any atom is -0.351 e. The molecule has 0 bridgehead atoms. The molecule has 0 radical (unpaired) electrons. The molecule has 0 aliphatic carbocycles. The highest BCUT2D eigenvalue weighted by atomic mass is 32.1. The summed E-state index contributed by atoms with van der Waals surface area (Å²) in [6.45, 7) is 3.32. The number of anilines is 1. The van der Waals surface area contributed by atoms with Gasteiger partial charge in [-0.3, -0.25) is 19.3 Å². The quantitative estimate of drug-likeness (QED) is 0.413. The maximum Gasteiger partial charge on any atom is 0.325 e. The normalized spacial score (nSPS) is 17.5. The van der Waals surface area contributed by atoms with E-state index in [1.54, 1.807) is 24.3 Å². The molecule has 11 heteroatoms. The van der Waals surface area contributed by atoms with E-state index in [4.69, 9.17) is 0 Å². The Morgan fingerprint density at radius 3 is 2.62 bits per heavy atom. The first kappa shape index (κ1) is 23.6. The van der Waals surface area contributed by atoms with Gasteiger partial charge in [0.2, 0.25) is 11.8 Å². The van der Waals surface area contributed by atoms with E-state index in [2.05, 4.69) is 20.9 Å². The number of hydrogen-bond acceptors (Lipinski definition) is 7. The van der Waals surface area contributed by atoms with Crippen LogP contribution in [0.25, 0.3) is 10.6 Å². The molecule has 3 N–H and O–H groups in total. The predicted octanol–water partition coefficient (Wildman–Crippen LogP) is 3.30. The molecule has 176 valence electrons. The van der Waals surface area contributed by atoms with Gasteiger partial charge in [-0.05, 0) is 24.1 Å². The first-order valence-corrected chi connectivity index (χ1v) is 12.3. The Bertz CT molecular complexity index is 1240. The van der Waals surface area contributed by atoms with Crippen molar-refractivity contribution in [2.24, 2.45) is 0 Å². The zero-order chi connectivity index (χ0) is 24.3. The summed E-state index contributed by atoms with van der Waals surface area (Å²) in [7, 11) is 0. The van der Waals surface area contributed by atoms with Crippen LogP contribution in [0.2, 0.25) is 0 Å². The average Bonchev–Trinajstić information content (AvgIpc) is 3.54. The molecule has 1 saturated heterocycles. The van der Waals surface area contributed by atoms with Crippen LogP contribution in [0.3, 0.4) is 0 Å². The summed E-state index contributed by atoms with van der Waals surface area (Å²) in [5, 5.41) is 10.4. The number of carbonyl (C=O) groups is 4. The van der Waals surface area contributed by atoms with E-state index in [1.807, 2.05) is 30.5 Å². The first-order valence-electron chi connectivity index (χ1n) is 10.6. The minimum absolute atomic E-state index is 0.0984. The van der Waals surface area contributed by atoms with Gasteiger partial charge in [-0.15, -0.1) is 22.7 Å². The molecule has 3 aromatic rings. The number of nitrogens with zero attached hydrogens (tertiary/aromatic N) is 2. The smallest absolute Gasteiger partial charge is 0.325 e. The lowest BCUT2D eigenvalue weighted by Gasteiger charge is -2.25. The minimum atomic E-state index is -1.18. The van der Waals surface area contributed by atoms with E-state index in [1.165, 1.54) is 29.6 Å². The Morgan fingerprint density at radius 2 is 1.91 bits per heavy atom. The standard InChI is InChI=1S/C23H23N5O4S2/c1-3-23(15-7-5-4-6-8-15)20(31)28(22(32)27-23)12-19(30)26-21-25-17(13-33-21)18-10-9-16(34-18)11-24-14(2)29/h4-10,13H,3,11-12H2,1-2H3,(H,24,29)(H,27,32)(H,25,26,30)/t23-/m0/s1. The SMILES string of the molecule is CC[C@@]1(c2ccccc2)NC(=O)N(CC(=O)Nc2nc(-c3ccc(CNC(C)=O)s3)cs2)C1=O. The van der Waals surface area contributed by atoms with Crippen LogP contribution < -0.4 is 16.0 Å². The molecule has 0 saturated carbocycles. The van der Waals surface area contributed by atoms with E-state index in [0.717, 1.165) is 14.7 Å². The van der Waals surface area contributed by atoms with E-state index < -0.39 is 29.9 Å². The van der Waals surface area contributed by atoms with Gasteiger partial charge in [-0.25, -0.2) is 9.78 Å². The van der Waals surface area contributed by atoms with Crippen molar-refractivity contribution in [2.45, 2.75) is 32.4 Å². The van der Waals surface area contributed by atoms with E-state index in [9.17, 15) is 19.2 Å². The van der Waals surface area contributed by atoms with Crippen LogP contribution in [-0.4, -0.2) is 40.2 Å². The summed E-state index contributed by atoms with van der Waals surface area (Å²) in [5.41, 5.74) is 0.196. The Balaban J connectivity index is 1.41. The fraction of sp³-hybridized carbons (Fsp3) is 0.261. The summed E-state index contributed by atoms with van der Waals surface area (Å²) >= 11 is 2.75. The fourth-order valence-electron chi connectivity index (χ4n) is 3.70. The maximum absolute atomic E-state index is 13.2. The molecule has 0 spiro atoms. The Kier molecular flexibility index (Phi) is 6.75. The fourth-order valence-corrected chi connectivity index (χ4v) is 5.41. The molecule has 34 heavy (non-hydrogen) atoms. The molecule has 1 fully saturated rings. The van der Waals surface area contributed by atoms with Crippen LogP contribution in [0.5, 0.6) is 0 Å². The summed E-state index contributed by atoms with van der Waals surface area (Å²) in [5.74, 6) is -1.06. The lowest BCUT2D eigenvalue weighted by atomic mass is 9.87. The largest absolute Gasteiger partial charge is 0.351 e. The molecular formula is C23H23N5O4S2. The van der Waals surface area contributed by atoms with Gasteiger partial charge >= 0.3 is 6.03 Å². The third-order valence-corrected chi connectivity index (χ3v) is 7.32. The van der Waals surface area contributed by atoms with Crippen LogP contribution in [-0.2, 0) is 26.5 Å². The van der Waals surface area contributed by atoms with Crippen molar-refractivity contribution in [3.8, 4) is 10.6 Å². The molecule has 5 amide bonds. The number of aromatic nitrogens is 1. The van der Waals surface area contributed by atoms with Crippen molar-refractivity contribution in [3.63, 3.8) is 0 Å². The summed E-state index contributed by atoms with van der Waals surface area (Å²) in [6, 6.07) is 12.2. The molecule has 3 heterocycles. The van der Waals surface area contributed by atoms with Gasteiger partial charge in [-0.1, -0.05) is 37.3 Å². The van der Waals surface area contributed by atoms with Gasteiger partial charge in [0.1, 0.15) is 12.1 Å². The van der Waals surface area contributed by atoms with Crippen LogP contribution in [0, 0.1) is 0 Å². The van der Waals surface area contributed by atoms with Crippen LogP contribution in [0.1, 0.15) is 30.7 Å². The van der Waals surface area contributed by atoms with Gasteiger partial charge in [0.05, 0.1) is 17.1 Å². The monoisotopic (exact) mass is 497 g/mol. The van der Waals surface area contributed by atoms with Crippen molar-refractivity contribution in [3.05, 3.63) is 58.3 Å². The number of imide groups is 1. The zero-order valence-electron chi connectivity index (χ0n) is 18.6. The number of thiazole rings is 1. The highest BCUT2D eigenvalue weighted by molar-refractivity contribution is 7.17. The van der Waals surface area contributed by atoms with Gasteiger partial charge < -0.3 is 16.0 Å². The van der Waals surface area contributed by atoms with Crippen molar-refractivity contribution in [1.29, 1.82) is 0 Å². The van der Waals surface area contributed by atoms with Gasteiger partial charge in [0.25, 0.3) is 5.91 Å². The average molecular weight is 498 g/mol. The van der Waals surface area contributed by atoms with Crippen molar-refractivity contribution < 1.29 is 19.2 Å². The number of rotatable bonds is 8. The van der Waals surface area contributed by atoms with E-state index >= 15 is 0 Å². The second kappa shape index (κ2) is 9.74. The van der Waals surface area contributed by atoms with Crippen LogP contribution in [0.4, 0.5) is 9.93 Å². The van der Waals surface area contributed by atoms with Crippen molar-refractivity contribution >= 4 is 51.6 Å². The number of nitrogens with one attached hydrogen (secondary N) is 3. The second-order valence-corrected chi connectivity index (χ2v) is 9.73. The number of carbonyl (C=O) groups excluding carboxylic acids is 4. The summed E-state index contributed by atoms with van der Waals surface area (Å²) < 4.78 is 0. The predicted molar refractivity (Wildman–Crippen MR) is 130 cm³/mol. The van der Waals surface area contributed by atoms with E-state index in [0.29, 0.717) is 29.4 Å². The molecular weight excluding hydrogens is 474 g/mol. The Labute approximate surface area is 204 Å². The molecule has 1 aliphatic rings. The Morgan fingerprint density at radius 1 is 1.15 bits per heavy atom. The number of benzene rings is 1. The highest BCUT2D eigenvalue weighted by Gasteiger charge is 2.51. The first-order chi connectivity index (χ1) is 16.3. The number of thiophene rings is 1. The van der Waals surface area contributed by atoms with Gasteiger partial charge in [-0.2, -0.15) is 0 Å². The molecule has 1 atom stereocenters. The topological polar surface area (TPSA) is 120 Å². The maximum atomic E-state index is 13.2. The summed E-state index contributed by atoms with van der Waals surface area (Å²) in [4.78, 5) is 56.7. The second-order valence-electron chi connectivity index (χ2n) is 7.71. The van der Waals surface area contributed by atoms with E-state index in [-0.39, 0.29) is 5.91 Å². The lowest BCUT2D eigenvalue weighted by Crippen LogP contribution is -2.44.